The van der Waals surface area contributed by atoms with E-state index in [1.54, 1.807) is 0 Å². The lowest BCUT2D eigenvalue weighted by Gasteiger charge is -2.39. The summed E-state index contributed by atoms with van der Waals surface area (Å²) in [5, 5.41) is 5.17. The molecule has 5 aromatic rings. The number of hydrogen-bond acceptors (Lipinski definition) is 0. The molecule has 0 bridgehead atoms. The Hall–Kier alpha value is -3.90. The van der Waals surface area contributed by atoms with Crippen molar-refractivity contribution in [2.24, 2.45) is 5.92 Å². The van der Waals surface area contributed by atoms with Gasteiger partial charge in [-0.05, 0) is 55.9 Å². The van der Waals surface area contributed by atoms with E-state index >= 15 is 0 Å². The second-order valence-electron chi connectivity index (χ2n) is 9.34. The standard InChI is InChI=1S/C33H24/c1-3-11-25-21-27(19-17-23(25)9-1)33(28-20-18-24-10-2-4-12-26(24)22-28)31-15-7-5-13-29(31)30-14-6-8-16-32(30)33/h1-22,29,31H. The zero-order valence-electron chi connectivity index (χ0n) is 18.4. The summed E-state index contributed by atoms with van der Waals surface area (Å²) in [4.78, 5) is 0. The van der Waals surface area contributed by atoms with Crippen LogP contribution in [0.3, 0.4) is 0 Å². The highest BCUT2D eigenvalue weighted by Gasteiger charge is 2.52. The van der Waals surface area contributed by atoms with E-state index in [4.69, 9.17) is 0 Å². The minimum atomic E-state index is -0.240. The number of hydrogen-bond donors (Lipinski definition) is 0. The fourth-order valence-corrected chi connectivity index (χ4v) is 6.38. The van der Waals surface area contributed by atoms with Crippen LogP contribution in [0, 0.1) is 5.92 Å². The molecule has 2 unspecified atom stereocenters. The summed E-state index contributed by atoms with van der Waals surface area (Å²) < 4.78 is 0. The van der Waals surface area contributed by atoms with Crippen LogP contribution in [0.5, 0.6) is 0 Å². The van der Waals surface area contributed by atoms with Gasteiger partial charge in [-0.25, -0.2) is 0 Å². The molecule has 2 aliphatic carbocycles. The van der Waals surface area contributed by atoms with Crippen molar-refractivity contribution in [1.29, 1.82) is 0 Å². The molecular weight excluding hydrogens is 396 g/mol. The van der Waals surface area contributed by atoms with E-state index in [0.29, 0.717) is 11.8 Å². The van der Waals surface area contributed by atoms with Gasteiger partial charge in [-0.3, -0.25) is 0 Å². The maximum Gasteiger partial charge on any atom is 0.0526 e. The Morgan fingerprint density at radius 2 is 1.03 bits per heavy atom. The van der Waals surface area contributed by atoms with Crippen molar-refractivity contribution in [2.45, 2.75) is 11.3 Å². The third kappa shape index (κ3) is 2.58. The van der Waals surface area contributed by atoms with Crippen LogP contribution in [-0.2, 0) is 5.41 Å². The Morgan fingerprint density at radius 1 is 0.485 bits per heavy atom. The van der Waals surface area contributed by atoms with Gasteiger partial charge in [0, 0.05) is 11.8 Å². The molecule has 7 rings (SSSR count). The van der Waals surface area contributed by atoms with Crippen LogP contribution < -0.4 is 0 Å². The Kier molecular flexibility index (Phi) is 3.98. The van der Waals surface area contributed by atoms with Crippen molar-refractivity contribution >= 4 is 21.5 Å². The summed E-state index contributed by atoms with van der Waals surface area (Å²) in [7, 11) is 0. The molecule has 0 spiro atoms. The molecule has 0 saturated heterocycles. The first-order chi connectivity index (χ1) is 16.4. The van der Waals surface area contributed by atoms with Crippen molar-refractivity contribution < 1.29 is 0 Å². The van der Waals surface area contributed by atoms with Crippen molar-refractivity contribution in [1.82, 2.24) is 0 Å². The summed E-state index contributed by atoms with van der Waals surface area (Å²) in [6, 6.07) is 40.7. The van der Waals surface area contributed by atoms with Crippen LogP contribution in [-0.4, -0.2) is 0 Å². The van der Waals surface area contributed by atoms with Gasteiger partial charge in [0.2, 0.25) is 0 Å². The second kappa shape index (κ2) is 7.05. The SMILES string of the molecule is C1=CC2c3ccccc3C(c3ccc4ccccc4c3)(c3ccc4ccccc4c3)C2C=C1. The van der Waals surface area contributed by atoms with E-state index < -0.39 is 0 Å². The predicted molar refractivity (Wildman–Crippen MR) is 139 cm³/mol. The van der Waals surface area contributed by atoms with Gasteiger partial charge in [0.15, 0.2) is 0 Å². The highest BCUT2D eigenvalue weighted by atomic mass is 14.5. The van der Waals surface area contributed by atoms with Crippen LogP contribution in [0.4, 0.5) is 0 Å². The maximum absolute atomic E-state index is 2.44. The monoisotopic (exact) mass is 420 g/mol. The second-order valence-corrected chi connectivity index (χ2v) is 9.34. The van der Waals surface area contributed by atoms with E-state index in [1.807, 2.05) is 0 Å². The summed E-state index contributed by atoms with van der Waals surface area (Å²) in [5.41, 5.74) is 5.38. The van der Waals surface area contributed by atoms with Gasteiger partial charge in [0.05, 0.1) is 5.41 Å². The van der Waals surface area contributed by atoms with E-state index in [-0.39, 0.29) is 5.41 Å². The highest BCUT2D eigenvalue weighted by Crippen LogP contribution is 2.59. The topological polar surface area (TPSA) is 0 Å². The van der Waals surface area contributed by atoms with Gasteiger partial charge >= 0.3 is 0 Å². The lowest BCUT2D eigenvalue weighted by atomic mass is 9.63. The molecule has 2 atom stereocenters. The lowest BCUT2D eigenvalue weighted by Crippen LogP contribution is -2.35. The molecule has 156 valence electrons. The molecule has 33 heavy (non-hydrogen) atoms. The molecule has 2 aliphatic rings. The maximum atomic E-state index is 2.44. The fraction of sp³-hybridized carbons (Fsp3) is 0.0909. The van der Waals surface area contributed by atoms with E-state index in [2.05, 4.69) is 133 Å². The van der Waals surface area contributed by atoms with Crippen LogP contribution in [0.25, 0.3) is 21.5 Å². The van der Waals surface area contributed by atoms with Crippen LogP contribution in [0.2, 0.25) is 0 Å². The van der Waals surface area contributed by atoms with Crippen molar-refractivity contribution in [3.63, 3.8) is 0 Å². The third-order valence-electron chi connectivity index (χ3n) is 7.79. The molecule has 5 aromatic carbocycles. The Morgan fingerprint density at radius 3 is 1.70 bits per heavy atom. The smallest absolute Gasteiger partial charge is 0.0526 e. The predicted octanol–water partition coefficient (Wildman–Crippen LogP) is 8.17. The lowest BCUT2D eigenvalue weighted by molar-refractivity contribution is 0.457. The molecule has 0 fully saturated rings. The summed E-state index contributed by atoms with van der Waals surface area (Å²) >= 11 is 0. The quantitative estimate of drug-likeness (QED) is 0.270. The van der Waals surface area contributed by atoms with Crippen LogP contribution in [0.1, 0.15) is 28.2 Å². The van der Waals surface area contributed by atoms with Crippen molar-refractivity contribution in [3.05, 3.63) is 156 Å². The Balaban J connectivity index is 1.61. The number of fused-ring (bicyclic) bond motifs is 5. The van der Waals surface area contributed by atoms with Crippen molar-refractivity contribution in [3.8, 4) is 0 Å². The first-order valence-electron chi connectivity index (χ1n) is 11.8. The van der Waals surface area contributed by atoms with Crippen LogP contribution >= 0.6 is 0 Å². The Labute approximate surface area is 194 Å². The molecule has 0 aliphatic heterocycles. The van der Waals surface area contributed by atoms with Gasteiger partial charge in [-0.2, -0.15) is 0 Å². The van der Waals surface area contributed by atoms with Gasteiger partial charge in [-0.1, -0.05) is 121 Å². The minimum absolute atomic E-state index is 0.240. The molecule has 0 saturated carbocycles. The fourth-order valence-electron chi connectivity index (χ4n) is 6.38. The number of allylic oxidation sites excluding steroid dienone is 4. The van der Waals surface area contributed by atoms with Crippen LogP contribution in [0.15, 0.2) is 133 Å². The average molecular weight is 421 g/mol. The molecule has 0 heterocycles. The molecular formula is C33H24. The van der Waals surface area contributed by atoms with Gasteiger partial charge in [0.1, 0.15) is 0 Å². The first-order valence-corrected chi connectivity index (χ1v) is 11.8. The van der Waals surface area contributed by atoms with Crippen molar-refractivity contribution in [2.75, 3.05) is 0 Å². The van der Waals surface area contributed by atoms with E-state index in [0.717, 1.165) is 0 Å². The summed E-state index contributed by atoms with van der Waals surface area (Å²) in [5.74, 6) is 0.714. The molecule has 0 amide bonds. The zero-order valence-corrected chi connectivity index (χ0v) is 18.4. The van der Waals surface area contributed by atoms with E-state index in [1.165, 1.54) is 43.8 Å². The summed E-state index contributed by atoms with van der Waals surface area (Å²) in [6.07, 6.45) is 9.29. The molecule has 0 aromatic heterocycles. The molecule has 0 nitrogen and oxygen atoms in total. The average Bonchev–Trinajstić information content (AvgIpc) is 3.19. The van der Waals surface area contributed by atoms with E-state index in [9.17, 15) is 0 Å². The third-order valence-corrected chi connectivity index (χ3v) is 7.79. The molecule has 0 heteroatoms. The first kappa shape index (κ1) is 18.7. The molecule has 0 radical (unpaired) electrons. The van der Waals surface area contributed by atoms with Gasteiger partial charge in [0.25, 0.3) is 0 Å². The highest BCUT2D eigenvalue weighted by molar-refractivity contribution is 5.86. The normalized spacial score (nSPS) is 20.1. The van der Waals surface area contributed by atoms with Gasteiger partial charge < -0.3 is 0 Å². The summed E-state index contributed by atoms with van der Waals surface area (Å²) in [6.45, 7) is 0. The Bertz CT molecular complexity index is 1500. The number of benzene rings is 5. The molecule has 0 N–H and O–H groups in total. The zero-order chi connectivity index (χ0) is 21.8. The largest absolute Gasteiger partial charge is 0.0789 e. The number of rotatable bonds is 2. The van der Waals surface area contributed by atoms with Gasteiger partial charge in [-0.15, -0.1) is 0 Å². The minimum Gasteiger partial charge on any atom is -0.0789 e.